The van der Waals surface area contributed by atoms with E-state index >= 15 is 0 Å². The predicted molar refractivity (Wildman–Crippen MR) is 85.0 cm³/mol. The third-order valence-electron chi connectivity index (χ3n) is 3.77. The van der Waals surface area contributed by atoms with Gasteiger partial charge in [-0.3, -0.25) is 22.8 Å². The fourth-order valence-electron chi connectivity index (χ4n) is 2.59. The largest absolute Gasteiger partial charge is 1.00 e. The van der Waals surface area contributed by atoms with Crippen molar-refractivity contribution in [2.45, 2.75) is 24.5 Å². The van der Waals surface area contributed by atoms with E-state index in [4.69, 9.17) is 4.74 Å². The summed E-state index contributed by atoms with van der Waals surface area (Å²) < 4.78 is 50.0. The predicted octanol–water partition coefficient (Wildman–Crippen LogP) is -16.4. The fourth-order valence-corrected chi connectivity index (χ4v) is 5.46. The monoisotopic (exact) mass is 596 g/mol. The number of imidazole rings is 1. The van der Waals surface area contributed by atoms with Gasteiger partial charge in [-0.25, -0.2) is 14.3 Å². The summed E-state index contributed by atoms with van der Waals surface area (Å²) in [6.07, 6.45) is -4.35. The summed E-state index contributed by atoms with van der Waals surface area (Å²) in [6, 6.07) is 0. The van der Waals surface area contributed by atoms with E-state index in [1.54, 1.807) is 0 Å². The van der Waals surface area contributed by atoms with E-state index < -0.39 is 60.2 Å². The number of ether oxygens (including phenoxy) is 1. The van der Waals surface area contributed by atoms with Gasteiger partial charge in [0.2, 0.25) is 0 Å². The van der Waals surface area contributed by atoms with Crippen LogP contribution in [0.25, 0.3) is 11.2 Å². The van der Waals surface area contributed by atoms with Crippen LogP contribution in [0.15, 0.2) is 17.4 Å². The van der Waals surface area contributed by atoms with Gasteiger partial charge in [-0.05, 0) is 0 Å². The second kappa shape index (κ2) is 15.6. The van der Waals surface area contributed by atoms with Crippen LogP contribution in [0.5, 0.6) is 0 Å². The van der Waals surface area contributed by atoms with E-state index in [9.17, 15) is 48.3 Å². The molecule has 0 aromatic carbocycles. The molecule has 0 aliphatic carbocycles. The molecule has 2 aromatic rings. The molecule has 2 unspecified atom stereocenters. The van der Waals surface area contributed by atoms with Crippen LogP contribution in [0, 0.1) is 0 Å². The number of hydrogen-bond acceptors (Lipinski definition) is 16. The zero-order chi connectivity index (χ0) is 23.2. The smallest absolute Gasteiger partial charge is 0.790 e. The Bertz CT molecular complexity index is 1180. The molecule has 1 fully saturated rings. The van der Waals surface area contributed by atoms with E-state index in [2.05, 4.69) is 28.1 Å². The quantitative estimate of drug-likeness (QED) is 0.188. The molecule has 1 saturated heterocycles. The Labute approximate surface area is 284 Å². The third-order valence-corrected chi connectivity index (χ3v) is 7.44. The maximum Gasteiger partial charge on any atom is 1.00 e. The van der Waals surface area contributed by atoms with Crippen molar-refractivity contribution in [3.05, 3.63) is 23.0 Å². The molecule has 6 atom stereocenters. The number of phosphoric ester groups is 1. The zero-order valence-electron chi connectivity index (χ0n) is 18.6. The van der Waals surface area contributed by atoms with Gasteiger partial charge in [0, 0.05) is 0 Å². The molecule has 0 spiro atoms. The van der Waals surface area contributed by atoms with Crippen LogP contribution in [-0.2, 0) is 31.6 Å². The molecule has 0 amide bonds. The van der Waals surface area contributed by atoms with Gasteiger partial charge in [-0.1, -0.05) is 0 Å². The molecule has 2 aromatic heterocycles. The number of aromatic amines is 1. The Balaban J connectivity index is 0. The van der Waals surface area contributed by atoms with Crippen molar-refractivity contribution in [1.29, 1.82) is 0 Å². The summed E-state index contributed by atoms with van der Waals surface area (Å²) in [5.74, 6) is 0. The minimum Gasteiger partial charge on any atom is -0.790 e. The van der Waals surface area contributed by atoms with Gasteiger partial charge < -0.3 is 48.6 Å². The summed E-state index contributed by atoms with van der Waals surface area (Å²) >= 11 is 0. The van der Waals surface area contributed by atoms with Crippen molar-refractivity contribution in [2.75, 3.05) is 6.61 Å². The Morgan fingerprint density at radius 1 is 1.00 bits per heavy atom. The molecular weight excluding hydrogens is 585 g/mol. The number of nitrogens with one attached hydrogen (secondary N) is 1. The van der Waals surface area contributed by atoms with Crippen molar-refractivity contribution in [3.8, 4) is 0 Å². The molecule has 174 valence electrons. The summed E-state index contributed by atoms with van der Waals surface area (Å²) in [5, 5.41) is 20.3. The summed E-state index contributed by atoms with van der Waals surface area (Å²) in [7, 11) is -18.1. The summed E-state index contributed by atoms with van der Waals surface area (Å²) in [4.78, 5) is 64.9. The maximum atomic E-state index is 11.7. The first-order chi connectivity index (χ1) is 14.2. The summed E-state index contributed by atoms with van der Waals surface area (Å²) in [5.41, 5.74) is -0.764. The van der Waals surface area contributed by atoms with Gasteiger partial charge in [-0.15, -0.1) is 0 Å². The minimum absolute atomic E-state index is 0. The SMILES string of the molecule is O=c1[nH]cnc2c1ncn2[C@@H]1O[C@H](COP(=O)([O-])OP(=O)([O-])OP(=O)([O-])[O-])[C@@H](O)[C@H]1O.[Na+].[Na+].[Na+].[Na+]. The van der Waals surface area contributed by atoms with Crippen molar-refractivity contribution in [1.82, 2.24) is 19.5 Å². The van der Waals surface area contributed by atoms with Gasteiger partial charge >= 0.3 is 118 Å². The van der Waals surface area contributed by atoms with Gasteiger partial charge in [0.1, 0.15) is 18.3 Å². The van der Waals surface area contributed by atoms with Crippen LogP contribution in [-0.4, -0.2) is 54.7 Å². The van der Waals surface area contributed by atoms with E-state index in [0.29, 0.717) is 0 Å². The van der Waals surface area contributed by atoms with Crippen molar-refractivity contribution in [2.24, 2.45) is 0 Å². The molecule has 0 saturated carbocycles. The molecule has 3 N–H and O–H groups in total. The zero-order valence-corrected chi connectivity index (χ0v) is 29.3. The van der Waals surface area contributed by atoms with Gasteiger partial charge in [0.15, 0.2) is 17.4 Å². The van der Waals surface area contributed by atoms with E-state index in [-0.39, 0.29) is 129 Å². The van der Waals surface area contributed by atoms with Crippen LogP contribution >= 0.6 is 23.5 Å². The molecule has 0 radical (unpaired) electrons. The average Bonchev–Trinajstić information content (AvgIpc) is 3.13. The molecule has 1 aliphatic heterocycles. The van der Waals surface area contributed by atoms with Crippen LogP contribution in [0.2, 0.25) is 0 Å². The molecule has 18 nitrogen and oxygen atoms in total. The van der Waals surface area contributed by atoms with Crippen molar-refractivity contribution in [3.63, 3.8) is 0 Å². The van der Waals surface area contributed by atoms with Crippen LogP contribution in [0.3, 0.4) is 0 Å². The summed E-state index contributed by atoms with van der Waals surface area (Å²) in [6.45, 7) is -1.11. The fraction of sp³-hybridized carbons (Fsp3) is 0.500. The number of aliphatic hydroxyl groups excluding tert-OH is 2. The van der Waals surface area contributed by atoms with Crippen molar-refractivity contribution >= 4 is 34.6 Å². The Morgan fingerprint density at radius 3 is 2.17 bits per heavy atom. The molecular formula is C10H11N4Na4O14P3. The number of rotatable bonds is 8. The van der Waals surface area contributed by atoms with E-state index in [0.717, 1.165) is 17.2 Å². The average molecular weight is 596 g/mol. The van der Waals surface area contributed by atoms with E-state index in [1.807, 2.05) is 0 Å². The number of hydrogen-bond donors (Lipinski definition) is 3. The molecule has 0 bridgehead atoms. The molecule has 25 heteroatoms. The first kappa shape index (κ1) is 39.8. The topological polar surface area (TPSA) is 284 Å². The number of H-pyrrole nitrogens is 1. The standard InChI is InChI=1S/C10H15N4O14P3.4Na/c15-6-4(1-25-30(21,22)28-31(23,24)27-29(18,19)20)26-10(7(6)16)14-3-13-5-8(14)11-2-12-9(5)17;;;;/h2-4,6-7,10,15-16H,1H2,(H,21,22)(H,23,24)(H,11,12,17)(H2,18,19,20);;;;/q;4*+1/p-4/t4-,6-,7-,10-;;;;/m1..../s1. The third kappa shape index (κ3) is 10.9. The van der Waals surface area contributed by atoms with Crippen molar-refractivity contribution < 1.29 is 180 Å². The molecule has 3 heterocycles. The Morgan fingerprint density at radius 2 is 1.60 bits per heavy atom. The van der Waals surface area contributed by atoms with Gasteiger partial charge in [0.25, 0.3) is 21.2 Å². The minimum atomic E-state index is -6.15. The van der Waals surface area contributed by atoms with Gasteiger partial charge in [-0.2, -0.15) is 0 Å². The number of phosphoric acid groups is 3. The molecule has 1 aliphatic rings. The number of aliphatic hydroxyl groups is 2. The number of aromatic nitrogens is 4. The maximum absolute atomic E-state index is 11.7. The molecule has 35 heavy (non-hydrogen) atoms. The van der Waals surface area contributed by atoms with Crippen LogP contribution < -0.4 is 143 Å². The number of fused-ring (bicyclic) bond motifs is 1. The Hall–Kier alpha value is 2.64. The number of nitrogens with zero attached hydrogens (tertiary/aromatic N) is 3. The normalized spacial score (nSPS) is 25.2. The first-order valence-electron chi connectivity index (χ1n) is 7.82. The first-order valence-corrected chi connectivity index (χ1v) is 12.2. The van der Waals surface area contributed by atoms with E-state index in [1.165, 1.54) is 0 Å². The van der Waals surface area contributed by atoms with Crippen LogP contribution in [0.1, 0.15) is 6.23 Å². The molecule has 3 rings (SSSR count). The second-order valence-electron chi connectivity index (χ2n) is 5.90. The van der Waals surface area contributed by atoms with Crippen LogP contribution in [0.4, 0.5) is 0 Å². The Kier molecular flexibility index (Phi) is 17.7. The van der Waals surface area contributed by atoms with Gasteiger partial charge in [0.05, 0.1) is 27.1 Å². The second-order valence-corrected chi connectivity index (χ2v) is 10.2.